The molecule has 4 atom stereocenters. The van der Waals surface area contributed by atoms with Crippen molar-refractivity contribution in [3.8, 4) is 0 Å². The van der Waals surface area contributed by atoms with Crippen molar-refractivity contribution < 1.29 is 12.8 Å². The maximum atomic E-state index is 14.5. The molecule has 2 rings (SSSR count). The van der Waals surface area contributed by atoms with E-state index in [-0.39, 0.29) is 17.1 Å². The zero-order valence-corrected chi connectivity index (χ0v) is 11.9. The molecule has 0 bridgehead atoms. The number of hydrogen-bond donors (Lipinski definition) is 1. The van der Waals surface area contributed by atoms with Crippen LogP contribution < -0.4 is 5.32 Å². The third kappa shape index (κ3) is 3.44. The van der Waals surface area contributed by atoms with E-state index in [9.17, 15) is 12.8 Å². The molecule has 0 aromatic rings. The van der Waals surface area contributed by atoms with Crippen molar-refractivity contribution in [1.82, 2.24) is 5.32 Å². The molecular formula is C13H24FNO2S. The Bertz CT molecular complexity index is 365. The minimum absolute atomic E-state index is 0.0524. The van der Waals surface area contributed by atoms with E-state index in [0.29, 0.717) is 12.8 Å². The molecule has 1 saturated carbocycles. The van der Waals surface area contributed by atoms with Crippen molar-refractivity contribution in [2.24, 2.45) is 11.8 Å². The zero-order chi connectivity index (χ0) is 13.2. The minimum Gasteiger partial charge on any atom is -0.316 e. The Kier molecular flexibility index (Phi) is 4.64. The second kappa shape index (κ2) is 5.87. The monoisotopic (exact) mass is 277 g/mol. The SMILES string of the molecule is CS(=O)(=O)C1CCCC(C(F)C2CCCNC2)C1. The van der Waals surface area contributed by atoms with Crippen LogP contribution in [0.15, 0.2) is 0 Å². The summed E-state index contributed by atoms with van der Waals surface area (Å²) in [5, 5.41) is 2.92. The summed E-state index contributed by atoms with van der Waals surface area (Å²) in [6.07, 6.45) is 5.37. The number of rotatable bonds is 3. The molecule has 1 saturated heterocycles. The Morgan fingerprint density at radius 2 is 1.89 bits per heavy atom. The molecule has 1 heterocycles. The van der Waals surface area contributed by atoms with Crippen molar-refractivity contribution in [3.05, 3.63) is 0 Å². The van der Waals surface area contributed by atoms with Gasteiger partial charge in [-0.2, -0.15) is 0 Å². The van der Waals surface area contributed by atoms with Gasteiger partial charge in [0.2, 0.25) is 0 Å². The van der Waals surface area contributed by atoms with Crippen LogP contribution in [0.2, 0.25) is 0 Å². The fourth-order valence-electron chi connectivity index (χ4n) is 3.39. The van der Waals surface area contributed by atoms with Crippen LogP contribution >= 0.6 is 0 Å². The van der Waals surface area contributed by atoms with Crippen LogP contribution in [-0.4, -0.2) is 39.2 Å². The smallest absolute Gasteiger partial charge is 0.150 e. The second-order valence-corrected chi connectivity index (χ2v) is 8.25. The van der Waals surface area contributed by atoms with Gasteiger partial charge in [0.05, 0.1) is 5.25 Å². The lowest BCUT2D eigenvalue weighted by Crippen LogP contribution is -2.40. The van der Waals surface area contributed by atoms with E-state index >= 15 is 0 Å². The summed E-state index contributed by atoms with van der Waals surface area (Å²) in [6, 6.07) is 0. The Hall–Kier alpha value is -0.160. The molecule has 0 amide bonds. The lowest BCUT2D eigenvalue weighted by molar-refractivity contribution is 0.103. The highest BCUT2D eigenvalue weighted by Gasteiger charge is 2.36. The van der Waals surface area contributed by atoms with Gasteiger partial charge in [0.25, 0.3) is 0 Å². The molecule has 0 radical (unpaired) electrons. The largest absolute Gasteiger partial charge is 0.316 e. The van der Waals surface area contributed by atoms with E-state index in [2.05, 4.69) is 5.32 Å². The van der Waals surface area contributed by atoms with E-state index in [4.69, 9.17) is 0 Å². The molecule has 1 aliphatic heterocycles. The van der Waals surface area contributed by atoms with E-state index in [1.807, 2.05) is 0 Å². The second-order valence-electron chi connectivity index (χ2n) is 5.93. The third-order valence-electron chi connectivity index (χ3n) is 4.51. The first-order valence-corrected chi connectivity index (χ1v) is 8.97. The molecule has 0 aromatic heterocycles. The molecule has 0 spiro atoms. The zero-order valence-electron chi connectivity index (χ0n) is 11.1. The highest BCUT2D eigenvalue weighted by atomic mass is 32.2. The summed E-state index contributed by atoms with van der Waals surface area (Å²) in [4.78, 5) is 0. The lowest BCUT2D eigenvalue weighted by Gasteiger charge is -2.35. The molecule has 0 aromatic carbocycles. The topological polar surface area (TPSA) is 46.2 Å². The van der Waals surface area contributed by atoms with E-state index < -0.39 is 16.0 Å². The first kappa shape index (κ1) is 14.3. The molecule has 2 fully saturated rings. The molecule has 1 aliphatic carbocycles. The standard InChI is InChI=1S/C13H24FNO2S/c1-18(16,17)12-6-2-4-10(8-12)13(14)11-5-3-7-15-9-11/h10-13,15H,2-9H2,1H3. The average Bonchev–Trinajstić information content (AvgIpc) is 2.38. The quantitative estimate of drug-likeness (QED) is 0.857. The average molecular weight is 277 g/mol. The van der Waals surface area contributed by atoms with Gasteiger partial charge in [0.1, 0.15) is 16.0 Å². The number of piperidine rings is 1. The highest BCUT2D eigenvalue weighted by molar-refractivity contribution is 7.91. The molecule has 4 unspecified atom stereocenters. The van der Waals surface area contributed by atoms with E-state index in [1.165, 1.54) is 6.26 Å². The number of hydrogen-bond acceptors (Lipinski definition) is 3. The molecular weight excluding hydrogens is 253 g/mol. The normalized spacial score (nSPS) is 36.2. The van der Waals surface area contributed by atoms with E-state index in [1.54, 1.807) is 0 Å². The van der Waals surface area contributed by atoms with Crippen molar-refractivity contribution >= 4 is 9.84 Å². The van der Waals surface area contributed by atoms with Gasteiger partial charge in [-0.05, 0) is 44.6 Å². The summed E-state index contributed by atoms with van der Waals surface area (Å²) in [5.41, 5.74) is 0. The summed E-state index contributed by atoms with van der Waals surface area (Å²) < 4.78 is 37.7. The summed E-state index contributed by atoms with van der Waals surface area (Å²) in [7, 11) is -3.01. The fraction of sp³-hybridized carbons (Fsp3) is 1.00. The number of sulfone groups is 1. The highest BCUT2D eigenvalue weighted by Crippen LogP contribution is 2.35. The van der Waals surface area contributed by atoms with Gasteiger partial charge in [0.15, 0.2) is 0 Å². The molecule has 5 heteroatoms. The van der Waals surface area contributed by atoms with Crippen LogP contribution in [0.5, 0.6) is 0 Å². The number of nitrogens with one attached hydrogen (secondary N) is 1. The van der Waals surface area contributed by atoms with Gasteiger partial charge >= 0.3 is 0 Å². The van der Waals surface area contributed by atoms with Crippen LogP contribution in [0.4, 0.5) is 4.39 Å². The van der Waals surface area contributed by atoms with Crippen molar-refractivity contribution in [2.45, 2.75) is 49.9 Å². The summed E-state index contributed by atoms with van der Waals surface area (Å²) >= 11 is 0. The minimum atomic E-state index is -3.01. The van der Waals surface area contributed by atoms with Crippen LogP contribution in [-0.2, 0) is 9.84 Å². The van der Waals surface area contributed by atoms with Gasteiger partial charge in [-0.25, -0.2) is 12.8 Å². The van der Waals surface area contributed by atoms with Crippen molar-refractivity contribution in [1.29, 1.82) is 0 Å². The van der Waals surface area contributed by atoms with Gasteiger partial charge < -0.3 is 5.32 Å². The maximum Gasteiger partial charge on any atom is 0.150 e. The van der Waals surface area contributed by atoms with Crippen molar-refractivity contribution in [2.75, 3.05) is 19.3 Å². The lowest BCUT2D eigenvalue weighted by atomic mass is 9.79. The Morgan fingerprint density at radius 1 is 1.17 bits per heavy atom. The molecule has 1 N–H and O–H groups in total. The molecule has 18 heavy (non-hydrogen) atoms. The van der Waals surface area contributed by atoms with E-state index in [0.717, 1.165) is 38.8 Å². The Labute approximate surface area is 109 Å². The number of halogens is 1. The van der Waals surface area contributed by atoms with Crippen LogP contribution in [0, 0.1) is 11.8 Å². The fourth-order valence-corrected chi connectivity index (χ4v) is 4.59. The first-order chi connectivity index (χ1) is 8.48. The van der Waals surface area contributed by atoms with Crippen molar-refractivity contribution in [3.63, 3.8) is 0 Å². The Balaban J connectivity index is 1.95. The van der Waals surface area contributed by atoms with Gasteiger partial charge in [-0.3, -0.25) is 0 Å². The third-order valence-corrected chi connectivity index (χ3v) is 6.15. The van der Waals surface area contributed by atoms with Gasteiger partial charge in [0, 0.05) is 18.7 Å². The Morgan fingerprint density at radius 3 is 2.50 bits per heavy atom. The number of alkyl halides is 1. The molecule has 2 aliphatic rings. The first-order valence-electron chi connectivity index (χ1n) is 7.02. The summed E-state index contributed by atoms with van der Waals surface area (Å²) in [6.45, 7) is 1.74. The van der Waals surface area contributed by atoms with Crippen LogP contribution in [0.3, 0.4) is 0 Å². The summed E-state index contributed by atoms with van der Waals surface area (Å²) in [5.74, 6) is 0.0328. The molecule has 106 valence electrons. The van der Waals surface area contributed by atoms with Gasteiger partial charge in [-0.1, -0.05) is 6.42 Å². The maximum absolute atomic E-state index is 14.5. The predicted octanol–water partition coefficient (Wildman–Crippen LogP) is 1.93. The van der Waals surface area contributed by atoms with Crippen LogP contribution in [0.1, 0.15) is 38.5 Å². The molecule has 3 nitrogen and oxygen atoms in total. The predicted molar refractivity (Wildman–Crippen MR) is 71.1 cm³/mol. The van der Waals surface area contributed by atoms with Crippen LogP contribution in [0.25, 0.3) is 0 Å². The van der Waals surface area contributed by atoms with Gasteiger partial charge in [-0.15, -0.1) is 0 Å².